The van der Waals surface area contributed by atoms with Crippen LogP contribution in [0, 0.1) is 6.92 Å². The number of nitrogens with zero attached hydrogens (tertiary/aromatic N) is 2. The standard InChI is InChI=1S/C23H30ClN3O2/c1-4-29-21-9-6-19(7-10-21)16-25(3)23(28)17-26-11-13-27(14-12-26)22-15-20(24)8-5-18(22)2/h5-10,15H,4,11-14,16-17H2,1-3H3/p+1. The van der Waals surface area contributed by atoms with Crippen molar-refractivity contribution < 1.29 is 14.4 Å². The van der Waals surface area contributed by atoms with Gasteiger partial charge in [-0.25, -0.2) is 0 Å². The third-order valence-corrected chi connectivity index (χ3v) is 5.70. The highest BCUT2D eigenvalue weighted by atomic mass is 35.5. The second-order valence-corrected chi connectivity index (χ2v) is 8.11. The molecule has 0 atom stereocenters. The average molecular weight is 417 g/mol. The summed E-state index contributed by atoms with van der Waals surface area (Å²) >= 11 is 6.17. The first kappa shape index (κ1) is 21.5. The summed E-state index contributed by atoms with van der Waals surface area (Å²) in [6, 6.07) is 14.0. The van der Waals surface area contributed by atoms with Gasteiger partial charge in [0.05, 0.1) is 32.8 Å². The molecule has 2 aromatic rings. The molecule has 1 fully saturated rings. The average Bonchev–Trinajstić information content (AvgIpc) is 2.72. The third kappa shape index (κ3) is 5.87. The summed E-state index contributed by atoms with van der Waals surface area (Å²) in [4.78, 5) is 18.2. The van der Waals surface area contributed by atoms with Crippen LogP contribution in [-0.2, 0) is 11.3 Å². The van der Waals surface area contributed by atoms with Gasteiger partial charge in [0.2, 0.25) is 0 Å². The summed E-state index contributed by atoms with van der Waals surface area (Å²) in [5, 5.41) is 0.770. The monoisotopic (exact) mass is 416 g/mol. The normalized spacial score (nSPS) is 14.7. The number of hydrogen-bond donors (Lipinski definition) is 1. The lowest BCUT2D eigenvalue weighted by molar-refractivity contribution is -0.892. The van der Waals surface area contributed by atoms with E-state index in [1.807, 2.05) is 55.3 Å². The number of benzene rings is 2. The summed E-state index contributed by atoms with van der Waals surface area (Å²) in [7, 11) is 1.88. The molecule has 0 saturated carbocycles. The number of piperazine rings is 1. The maximum Gasteiger partial charge on any atom is 0.277 e. The number of rotatable bonds is 7. The fraction of sp³-hybridized carbons (Fsp3) is 0.435. The van der Waals surface area contributed by atoms with Crippen LogP contribution < -0.4 is 14.5 Å². The topological polar surface area (TPSA) is 37.2 Å². The number of likely N-dealkylation sites (N-methyl/N-ethyl adjacent to an activating group) is 1. The number of nitrogens with one attached hydrogen (secondary N) is 1. The van der Waals surface area contributed by atoms with Crippen LogP contribution >= 0.6 is 11.6 Å². The molecule has 0 spiro atoms. The Balaban J connectivity index is 1.48. The zero-order valence-electron chi connectivity index (χ0n) is 17.6. The number of anilines is 1. The van der Waals surface area contributed by atoms with Crippen LogP contribution in [0.15, 0.2) is 42.5 Å². The Kier molecular flexibility index (Phi) is 7.40. The summed E-state index contributed by atoms with van der Waals surface area (Å²) in [5.41, 5.74) is 3.56. The predicted molar refractivity (Wildman–Crippen MR) is 118 cm³/mol. The molecule has 1 saturated heterocycles. The Labute approximate surface area is 178 Å². The molecule has 29 heavy (non-hydrogen) atoms. The number of carbonyl (C=O) groups is 1. The first-order valence-corrected chi connectivity index (χ1v) is 10.6. The number of quaternary nitrogens is 1. The lowest BCUT2D eigenvalue weighted by Crippen LogP contribution is -3.15. The van der Waals surface area contributed by atoms with Crippen molar-refractivity contribution in [2.24, 2.45) is 0 Å². The van der Waals surface area contributed by atoms with E-state index in [1.165, 1.54) is 16.2 Å². The van der Waals surface area contributed by atoms with Crippen LogP contribution in [0.3, 0.4) is 0 Å². The molecule has 0 aromatic heterocycles. The van der Waals surface area contributed by atoms with Gasteiger partial charge in [-0.05, 0) is 49.2 Å². The molecule has 6 heteroatoms. The minimum absolute atomic E-state index is 0.182. The molecule has 0 bridgehead atoms. The van der Waals surface area contributed by atoms with Crippen LogP contribution in [0.25, 0.3) is 0 Å². The molecule has 1 heterocycles. The predicted octanol–water partition coefficient (Wildman–Crippen LogP) is 2.41. The van der Waals surface area contributed by atoms with E-state index in [-0.39, 0.29) is 5.91 Å². The second-order valence-electron chi connectivity index (χ2n) is 7.67. The maximum atomic E-state index is 12.7. The van der Waals surface area contributed by atoms with E-state index >= 15 is 0 Å². The van der Waals surface area contributed by atoms with Gasteiger partial charge < -0.3 is 19.4 Å². The highest BCUT2D eigenvalue weighted by Gasteiger charge is 2.24. The van der Waals surface area contributed by atoms with Gasteiger partial charge in [-0.3, -0.25) is 4.79 Å². The van der Waals surface area contributed by atoms with E-state index in [0.29, 0.717) is 19.7 Å². The van der Waals surface area contributed by atoms with Gasteiger partial charge in [0.15, 0.2) is 6.54 Å². The second kappa shape index (κ2) is 9.99. The number of aryl methyl sites for hydroxylation is 1. The van der Waals surface area contributed by atoms with E-state index < -0.39 is 0 Å². The highest BCUT2D eigenvalue weighted by molar-refractivity contribution is 6.30. The Morgan fingerprint density at radius 1 is 1.17 bits per heavy atom. The van der Waals surface area contributed by atoms with E-state index in [4.69, 9.17) is 16.3 Å². The van der Waals surface area contributed by atoms with Crippen molar-refractivity contribution in [1.29, 1.82) is 0 Å². The lowest BCUT2D eigenvalue weighted by Gasteiger charge is -2.34. The van der Waals surface area contributed by atoms with E-state index in [0.717, 1.165) is 42.5 Å². The summed E-state index contributed by atoms with van der Waals surface area (Å²) < 4.78 is 5.47. The zero-order valence-corrected chi connectivity index (χ0v) is 18.3. The number of halogens is 1. The van der Waals surface area contributed by atoms with Gasteiger partial charge in [0, 0.05) is 24.3 Å². The van der Waals surface area contributed by atoms with Gasteiger partial charge >= 0.3 is 0 Å². The van der Waals surface area contributed by atoms with E-state index in [2.05, 4.69) is 17.9 Å². The first-order chi connectivity index (χ1) is 14.0. The van der Waals surface area contributed by atoms with Gasteiger partial charge in [0.1, 0.15) is 5.75 Å². The van der Waals surface area contributed by atoms with Crippen LogP contribution in [-0.4, -0.2) is 57.2 Å². The Morgan fingerprint density at radius 3 is 2.52 bits per heavy atom. The Morgan fingerprint density at radius 2 is 1.86 bits per heavy atom. The van der Waals surface area contributed by atoms with E-state index in [1.54, 1.807) is 0 Å². The van der Waals surface area contributed by atoms with Crippen molar-refractivity contribution in [2.45, 2.75) is 20.4 Å². The number of ether oxygens (including phenoxy) is 1. The molecule has 0 unspecified atom stereocenters. The Hall–Kier alpha value is -2.24. The van der Waals surface area contributed by atoms with Gasteiger partial charge in [-0.15, -0.1) is 0 Å². The van der Waals surface area contributed by atoms with Crippen molar-refractivity contribution in [1.82, 2.24) is 4.90 Å². The van der Waals surface area contributed by atoms with Crippen LogP contribution in [0.1, 0.15) is 18.1 Å². The lowest BCUT2D eigenvalue weighted by atomic mass is 10.1. The highest BCUT2D eigenvalue weighted by Crippen LogP contribution is 2.24. The molecule has 1 aliphatic rings. The SMILES string of the molecule is CCOc1ccc(CN(C)C(=O)C[NH+]2CCN(c3cc(Cl)ccc3C)CC2)cc1. The number of carbonyl (C=O) groups excluding carboxylic acids is 1. The molecule has 0 radical (unpaired) electrons. The maximum absolute atomic E-state index is 12.7. The molecule has 2 aromatic carbocycles. The minimum atomic E-state index is 0.182. The quantitative estimate of drug-likeness (QED) is 0.753. The van der Waals surface area contributed by atoms with Crippen LogP contribution in [0.4, 0.5) is 5.69 Å². The van der Waals surface area contributed by atoms with Gasteiger partial charge in [-0.1, -0.05) is 29.8 Å². The van der Waals surface area contributed by atoms with Crippen molar-refractivity contribution in [3.8, 4) is 5.75 Å². The van der Waals surface area contributed by atoms with Crippen molar-refractivity contribution in [2.75, 3.05) is 51.3 Å². The van der Waals surface area contributed by atoms with Crippen molar-refractivity contribution in [3.05, 3.63) is 58.6 Å². The number of amides is 1. The fourth-order valence-electron chi connectivity index (χ4n) is 3.73. The molecule has 5 nitrogen and oxygen atoms in total. The molecule has 0 aliphatic carbocycles. The number of hydrogen-bond acceptors (Lipinski definition) is 3. The molecule has 1 amide bonds. The molecule has 156 valence electrons. The summed E-state index contributed by atoms with van der Waals surface area (Å²) in [6.07, 6.45) is 0. The van der Waals surface area contributed by atoms with Gasteiger partial charge in [-0.2, -0.15) is 0 Å². The zero-order chi connectivity index (χ0) is 20.8. The molecule has 1 N–H and O–H groups in total. The third-order valence-electron chi connectivity index (χ3n) is 5.46. The van der Waals surface area contributed by atoms with E-state index in [9.17, 15) is 4.79 Å². The minimum Gasteiger partial charge on any atom is -0.494 e. The van der Waals surface area contributed by atoms with Crippen LogP contribution in [0.2, 0.25) is 5.02 Å². The Bertz CT molecular complexity index is 817. The molecule has 1 aliphatic heterocycles. The molecular weight excluding hydrogens is 386 g/mol. The van der Waals surface area contributed by atoms with Gasteiger partial charge in [0.25, 0.3) is 5.91 Å². The first-order valence-electron chi connectivity index (χ1n) is 10.3. The largest absolute Gasteiger partial charge is 0.494 e. The molecular formula is C23H31ClN3O2+. The summed E-state index contributed by atoms with van der Waals surface area (Å²) in [5.74, 6) is 1.05. The van der Waals surface area contributed by atoms with Crippen LogP contribution in [0.5, 0.6) is 5.75 Å². The van der Waals surface area contributed by atoms with Crippen molar-refractivity contribution in [3.63, 3.8) is 0 Å². The smallest absolute Gasteiger partial charge is 0.277 e. The summed E-state index contributed by atoms with van der Waals surface area (Å²) in [6.45, 7) is 9.68. The molecule has 3 rings (SSSR count). The fourth-order valence-corrected chi connectivity index (χ4v) is 3.90. The van der Waals surface area contributed by atoms with Crippen molar-refractivity contribution >= 4 is 23.2 Å².